The summed E-state index contributed by atoms with van der Waals surface area (Å²) in [7, 11) is -10.6. The van der Waals surface area contributed by atoms with Crippen molar-refractivity contribution >= 4 is 26.2 Å². The summed E-state index contributed by atoms with van der Waals surface area (Å²) in [5.74, 6) is -1.46. The number of benzene rings is 2. The van der Waals surface area contributed by atoms with Gasteiger partial charge in [-0.25, -0.2) is 8.98 Å². The van der Waals surface area contributed by atoms with Crippen LogP contribution in [0.3, 0.4) is 0 Å². The van der Waals surface area contributed by atoms with Crippen LogP contribution in [-0.2, 0) is 49.5 Å². The van der Waals surface area contributed by atoms with Gasteiger partial charge in [-0.3, -0.25) is 4.18 Å². The second-order valence-electron chi connectivity index (χ2n) is 7.93. The first kappa shape index (κ1) is 31.7. The summed E-state index contributed by atoms with van der Waals surface area (Å²) in [6.07, 6.45) is -6.80. The molecule has 3 atom stereocenters. The number of carbonyl (C=O) groups is 1. The van der Waals surface area contributed by atoms with Crippen molar-refractivity contribution in [1.29, 1.82) is 0 Å². The van der Waals surface area contributed by atoms with Crippen molar-refractivity contribution in [1.82, 2.24) is 0 Å². The number of ether oxygens (including phenoxy) is 2. The number of carbonyl (C=O) groups excluding carboxylic acids is 1. The zero-order valence-electron chi connectivity index (χ0n) is 20.3. The Morgan fingerprint density at radius 2 is 1.61 bits per heavy atom. The van der Waals surface area contributed by atoms with E-state index in [-0.39, 0.29) is 18.1 Å². The minimum atomic E-state index is -6.24. The van der Waals surface area contributed by atoms with Gasteiger partial charge < -0.3 is 14.6 Å². The molecule has 0 saturated carbocycles. The molecule has 0 radical (unpaired) electrons. The molecule has 2 unspecified atom stereocenters. The fourth-order valence-corrected chi connectivity index (χ4v) is 4.48. The van der Waals surface area contributed by atoms with E-state index in [1.165, 1.54) is 31.2 Å². The molecule has 0 aromatic heterocycles. The van der Waals surface area contributed by atoms with Crippen LogP contribution in [0.5, 0.6) is 0 Å². The molecule has 0 aliphatic carbocycles. The molecule has 2 aromatic carbocycles. The summed E-state index contributed by atoms with van der Waals surface area (Å²) in [6, 6.07) is 13.8. The summed E-state index contributed by atoms with van der Waals surface area (Å²) in [4.78, 5) is 12.0. The fraction of sp³-hybridized carbons (Fsp3) is 0.435. The second kappa shape index (κ2) is 13.5. The molecule has 10 nitrogen and oxygen atoms in total. The van der Waals surface area contributed by atoms with E-state index in [9.17, 15) is 39.9 Å². The smallest absolute Gasteiger partial charge is 0.464 e. The van der Waals surface area contributed by atoms with Gasteiger partial charge in [-0.15, -0.1) is 0 Å². The highest BCUT2D eigenvalue weighted by Gasteiger charge is 2.50. The van der Waals surface area contributed by atoms with Crippen molar-refractivity contribution in [3.8, 4) is 0 Å². The van der Waals surface area contributed by atoms with Gasteiger partial charge in [0.1, 0.15) is 6.10 Å². The Bertz CT molecular complexity index is 1250. The molecular weight excluding hydrogens is 557 g/mol. The predicted molar refractivity (Wildman–Crippen MR) is 126 cm³/mol. The van der Waals surface area contributed by atoms with Crippen molar-refractivity contribution in [3.05, 3.63) is 65.7 Å². The number of hydrogen-bond acceptors (Lipinski definition) is 10. The Labute approximate surface area is 218 Å². The van der Waals surface area contributed by atoms with Gasteiger partial charge in [-0.2, -0.15) is 30.0 Å². The van der Waals surface area contributed by atoms with Crippen LogP contribution in [-0.4, -0.2) is 64.9 Å². The Morgan fingerprint density at radius 1 is 1.00 bits per heavy atom. The van der Waals surface area contributed by atoms with Gasteiger partial charge in [0.15, 0.2) is 6.10 Å². The highest BCUT2D eigenvalue weighted by atomic mass is 32.2. The molecular formula is C23H27F3O10S2. The summed E-state index contributed by atoms with van der Waals surface area (Å²) in [5.41, 5.74) is -4.52. The number of hydrogen-bond donors (Lipinski definition) is 1. The quantitative estimate of drug-likeness (QED) is 0.200. The van der Waals surface area contributed by atoms with E-state index < -0.39 is 63.1 Å². The van der Waals surface area contributed by atoms with E-state index in [1.807, 2.05) is 0 Å². The molecule has 2 aromatic rings. The standard InChI is InChI=1S/C23H27F3O10S2/c1-3-33-22(28)21(36-38(31,32)23(24,25)26)13-20(34-14-17-7-5-4-6-8-17)19(27)15-35-37(29,30)18-11-9-16(2)10-12-18/h4-12,19-21,27H,3,13-15H2,1-2H3/t19?,20?,21-/m0/s1. The first-order chi connectivity index (χ1) is 17.7. The SMILES string of the molecule is CCOC(=O)[C@H](CC(OCc1ccccc1)C(O)COS(=O)(=O)c1ccc(C)cc1)OS(=O)(=O)C(F)(F)F. The average molecular weight is 585 g/mol. The van der Waals surface area contributed by atoms with Crippen molar-refractivity contribution in [2.45, 2.75) is 55.6 Å². The number of esters is 1. The monoisotopic (exact) mass is 584 g/mol. The number of rotatable bonds is 14. The van der Waals surface area contributed by atoms with Crippen molar-refractivity contribution < 1.29 is 57.7 Å². The molecule has 0 aliphatic rings. The first-order valence-electron chi connectivity index (χ1n) is 11.1. The topological polar surface area (TPSA) is 142 Å². The maximum Gasteiger partial charge on any atom is 0.523 e. The molecule has 0 amide bonds. The van der Waals surface area contributed by atoms with Crippen LogP contribution in [0.25, 0.3) is 0 Å². The van der Waals surface area contributed by atoms with Gasteiger partial charge in [-0.1, -0.05) is 48.0 Å². The Balaban J connectivity index is 2.28. The molecule has 0 saturated heterocycles. The third kappa shape index (κ3) is 9.32. The predicted octanol–water partition coefficient (Wildman–Crippen LogP) is 2.83. The maximum absolute atomic E-state index is 12.9. The van der Waals surface area contributed by atoms with Crippen LogP contribution < -0.4 is 0 Å². The van der Waals surface area contributed by atoms with Crippen molar-refractivity contribution in [2.75, 3.05) is 13.2 Å². The lowest BCUT2D eigenvalue weighted by molar-refractivity contribution is -0.156. The number of aliphatic hydroxyl groups is 1. The lowest BCUT2D eigenvalue weighted by Gasteiger charge is -2.26. The van der Waals surface area contributed by atoms with Crippen LogP contribution in [0.1, 0.15) is 24.5 Å². The number of alkyl halides is 3. The van der Waals surface area contributed by atoms with Crippen LogP contribution in [0.2, 0.25) is 0 Å². The third-order valence-corrected chi connectivity index (χ3v) is 7.31. The lowest BCUT2D eigenvalue weighted by atomic mass is 10.1. The Morgan fingerprint density at radius 3 is 2.16 bits per heavy atom. The molecule has 1 N–H and O–H groups in total. The summed E-state index contributed by atoms with van der Waals surface area (Å²) in [6.45, 7) is 1.57. The number of halogens is 3. The van der Waals surface area contributed by atoms with E-state index in [2.05, 4.69) is 8.92 Å². The van der Waals surface area contributed by atoms with Gasteiger partial charge in [-0.05, 0) is 31.5 Å². The molecule has 212 valence electrons. The summed E-state index contributed by atoms with van der Waals surface area (Å²) < 4.78 is 106. The van der Waals surface area contributed by atoms with E-state index >= 15 is 0 Å². The van der Waals surface area contributed by atoms with Gasteiger partial charge in [0.2, 0.25) is 0 Å². The first-order valence-corrected chi connectivity index (χ1v) is 13.9. The highest BCUT2D eigenvalue weighted by molar-refractivity contribution is 7.87. The van der Waals surface area contributed by atoms with Gasteiger partial charge >= 0.3 is 21.6 Å². The van der Waals surface area contributed by atoms with Gasteiger partial charge in [0, 0.05) is 6.42 Å². The average Bonchev–Trinajstić information content (AvgIpc) is 2.84. The molecule has 0 spiro atoms. The molecule has 0 heterocycles. The van der Waals surface area contributed by atoms with E-state index in [0.717, 1.165) is 5.56 Å². The van der Waals surface area contributed by atoms with Crippen LogP contribution in [0.15, 0.2) is 59.5 Å². The van der Waals surface area contributed by atoms with Gasteiger partial charge in [0.05, 0.1) is 30.8 Å². The minimum Gasteiger partial charge on any atom is -0.464 e. The number of aliphatic hydroxyl groups excluding tert-OH is 1. The second-order valence-corrected chi connectivity index (χ2v) is 11.1. The van der Waals surface area contributed by atoms with E-state index in [0.29, 0.717) is 5.56 Å². The largest absolute Gasteiger partial charge is 0.523 e. The third-order valence-electron chi connectivity index (χ3n) is 4.96. The molecule has 38 heavy (non-hydrogen) atoms. The highest BCUT2D eigenvalue weighted by Crippen LogP contribution is 2.28. The lowest BCUT2D eigenvalue weighted by Crippen LogP contribution is -2.42. The van der Waals surface area contributed by atoms with Crippen molar-refractivity contribution in [3.63, 3.8) is 0 Å². The number of aryl methyl sites for hydroxylation is 1. The maximum atomic E-state index is 12.9. The van der Waals surface area contributed by atoms with Crippen LogP contribution in [0, 0.1) is 6.92 Å². The van der Waals surface area contributed by atoms with E-state index in [1.54, 1.807) is 37.3 Å². The van der Waals surface area contributed by atoms with Crippen molar-refractivity contribution in [2.24, 2.45) is 0 Å². The minimum absolute atomic E-state index is 0.221. The van der Waals surface area contributed by atoms with Crippen LogP contribution >= 0.6 is 0 Å². The zero-order valence-corrected chi connectivity index (χ0v) is 22.0. The molecule has 15 heteroatoms. The van der Waals surface area contributed by atoms with Gasteiger partial charge in [0.25, 0.3) is 10.1 Å². The molecule has 0 aliphatic heterocycles. The van der Waals surface area contributed by atoms with E-state index in [4.69, 9.17) is 8.92 Å². The fourth-order valence-electron chi connectivity index (χ4n) is 2.98. The zero-order chi connectivity index (χ0) is 28.6. The Kier molecular flexibility index (Phi) is 11.2. The summed E-state index contributed by atoms with van der Waals surface area (Å²) >= 11 is 0. The molecule has 0 bridgehead atoms. The molecule has 2 rings (SSSR count). The normalized spacial score (nSPS) is 15.0. The summed E-state index contributed by atoms with van der Waals surface area (Å²) in [5, 5.41) is 10.7. The Hall–Kier alpha value is -2.56. The van der Waals surface area contributed by atoms with Crippen LogP contribution in [0.4, 0.5) is 13.2 Å². The molecule has 0 fully saturated rings.